The Morgan fingerprint density at radius 2 is 2.05 bits per heavy atom. The molecule has 1 aromatic rings. The molecule has 3 rings (SSSR count). The van der Waals surface area contributed by atoms with Crippen LogP contribution in [0, 0.1) is 5.92 Å². The highest BCUT2D eigenvalue weighted by molar-refractivity contribution is 6.08. The molecule has 4 amide bonds. The number of carbonyl (C=O) groups excluding carboxylic acids is 3. The molecular formula is C16H19N3O3. The molecule has 0 aliphatic carbocycles. The third-order valence-electron chi connectivity index (χ3n) is 4.20. The number of imide groups is 1. The van der Waals surface area contributed by atoms with Crippen LogP contribution in [0.2, 0.25) is 0 Å². The number of amides is 4. The minimum Gasteiger partial charge on any atom is -0.326 e. The number of hydrogen-bond acceptors (Lipinski definition) is 3. The number of fused-ring (bicyclic) bond motifs is 1. The van der Waals surface area contributed by atoms with Gasteiger partial charge in [-0.05, 0) is 24.0 Å². The number of urea groups is 1. The van der Waals surface area contributed by atoms with Gasteiger partial charge in [0.15, 0.2) is 0 Å². The van der Waals surface area contributed by atoms with E-state index in [9.17, 15) is 14.4 Å². The van der Waals surface area contributed by atoms with Crippen LogP contribution in [0.5, 0.6) is 0 Å². The van der Waals surface area contributed by atoms with Gasteiger partial charge in [0.1, 0.15) is 12.6 Å². The van der Waals surface area contributed by atoms with Crippen LogP contribution < -0.4 is 10.2 Å². The van der Waals surface area contributed by atoms with Crippen molar-refractivity contribution in [1.82, 2.24) is 10.2 Å². The van der Waals surface area contributed by atoms with Crippen molar-refractivity contribution in [3.8, 4) is 0 Å². The lowest BCUT2D eigenvalue weighted by Gasteiger charge is -2.20. The smallest absolute Gasteiger partial charge is 0.325 e. The fourth-order valence-corrected chi connectivity index (χ4v) is 2.96. The van der Waals surface area contributed by atoms with Crippen molar-refractivity contribution in [2.75, 3.05) is 18.0 Å². The fraction of sp³-hybridized carbons (Fsp3) is 0.438. The minimum absolute atomic E-state index is 0.00376. The van der Waals surface area contributed by atoms with Crippen molar-refractivity contribution in [3.63, 3.8) is 0 Å². The topological polar surface area (TPSA) is 69.7 Å². The van der Waals surface area contributed by atoms with E-state index in [-0.39, 0.29) is 24.3 Å². The van der Waals surface area contributed by atoms with Gasteiger partial charge in [0.2, 0.25) is 5.91 Å². The van der Waals surface area contributed by atoms with Crippen molar-refractivity contribution in [2.24, 2.45) is 5.92 Å². The summed E-state index contributed by atoms with van der Waals surface area (Å²) in [5.41, 5.74) is 1.99. The Kier molecular flexibility index (Phi) is 3.60. The Labute approximate surface area is 129 Å². The lowest BCUT2D eigenvalue weighted by molar-refractivity contribution is -0.132. The SMILES string of the molecule is CC(C)C1NC(=O)N(CC(=O)N2CCc3ccccc32)C1=O. The van der Waals surface area contributed by atoms with Gasteiger partial charge in [-0.2, -0.15) is 0 Å². The summed E-state index contributed by atoms with van der Waals surface area (Å²) in [6.45, 7) is 4.12. The van der Waals surface area contributed by atoms with E-state index in [0.717, 1.165) is 22.6 Å². The molecule has 22 heavy (non-hydrogen) atoms. The quantitative estimate of drug-likeness (QED) is 0.852. The summed E-state index contributed by atoms with van der Waals surface area (Å²) in [6, 6.07) is 6.69. The molecule has 6 heteroatoms. The Morgan fingerprint density at radius 3 is 2.73 bits per heavy atom. The predicted molar refractivity (Wildman–Crippen MR) is 81.4 cm³/mol. The Hall–Kier alpha value is -2.37. The maximum absolute atomic E-state index is 12.5. The number of anilines is 1. The number of carbonyl (C=O) groups is 3. The fourth-order valence-electron chi connectivity index (χ4n) is 2.96. The molecule has 2 aliphatic rings. The first kappa shape index (κ1) is 14.6. The van der Waals surface area contributed by atoms with Gasteiger partial charge in [-0.3, -0.25) is 14.5 Å². The molecule has 2 aliphatic heterocycles. The van der Waals surface area contributed by atoms with Crippen LogP contribution in [-0.4, -0.2) is 41.9 Å². The lowest BCUT2D eigenvalue weighted by Crippen LogP contribution is -2.43. The number of benzene rings is 1. The molecule has 0 bridgehead atoms. The molecule has 0 radical (unpaired) electrons. The van der Waals surface area contributed by atoms with E-state index in [1.807, 2.05) is 38.1 Å². The molecule has 1 N–H and O–H groups in total. The van der Waals surface area contributed by atoms with Gasteiger partial charge in [0, 0.05) is 12.2 Å². The van der Waals surface area contributed by atoms with Crippen LogP contribution in [0.4, 0.5) is 10.5 Å². The highest BCUT2D eigenvalue weighted by Gasteiger charge is 2.41. The average Bonchev–Trinajstić information content (AvgIpc) is 3.03. The molecule has 0 aromatic heterocycles. The molecule has 2 heterocycles. The van der Waals surface area contributed by atoms with Gasteiger partial charge >= 0.3 is 6.03 Å². The highest BCUT2D eigenvalue weighted by atomic mass is 16.2. The van der Waals surface area contributed by atoms with E-state index >= 15 is 0 Å². The molecule has 1 aromatic carbocycles. The summed E-state index contributed by atoms with van der Waals surface area (Å²) in [6.07, 6.45) is 0.802. The monoisotopic (exact) mass is 301 g/mol. The van der Waals surface area contributed by atoms with E-state index in [4.69, 9.17) is 0 Å². The van der Waals surface area contributed by atoms with Crippen LogP contribution in [0.1, 0.15) is 19.4 Å². The molecule has 0 saturated carbocycles. The van der Waals surface area contributed by atoms with Crippen LogP contribution in [0.15, 0.2) is 24.3 Å². The summed E-state index contributed by atoms with van der Waals surface area (Å²) >= 11 is 0. The number of hydrogen-bond donors (Lipinski definition) is 1. The summed E-state index contributed by atoms with van der Waals surface area (Å²) in [7, 11) is 0. The van der Waals surface area contributed by atoms with Crippen LogP contribution >= 0.6 is 0 Å². The normalized spacial score (nSPS) is 20.6. The zero-order valence-corrected chi connectivity index (χ0v) is 12.7. The highest BCUT2D eigenvalue weighted by Crippen LogP contribution is 2.27. The summed E-state index contributed by atoms with van der Waals surface area (Å²) in [4.78, 5) is 39.3. The van der Waals surface area contributed by atoms with Crippen molar-refractivity contribution < 1.29 is 14.4 Å². The molecule has 116 valence electrons. The second-order valence-electron chi connectivity index (χ2n) is 6.02. The average molecular weight is 301 g/mol. The summed E-state index contributed by atoms with van der Waals surface area (Å²) < 4.78 is 0. The van der Waals surface area contributed by atoms with Gasteiger partial charge in [-0.25, -0.2) is 4.79 Å². The molecule has 1 saturated heterocycles. The number of para-hydroxylation sites is 1. The van der Waals surface area contributed by atoms with E-state index in [1.165, 1.54) is 0 Å². The second kappa shape index (κ2) is 5.44. The van der Waals surface area contributed by atoms with Gasteiger partial charge in [0.05, 0.1) is 0 Å². The number of nitrogens with zero attached hydrogens (tertiary/aromatic N) is 2. The van der Waals surface area contributed by atoms with Gasteiger partial charge in [0.25, 0.3) is 5.91 Å². The lowest BCUT2D eigenvalue weighted by atomic mass is 10.1. The Balaban J connectivity index is 1.73. The minimum atomic E-state index is -0.536. The molecular weight excluding hydrogens is 282 g/mol. The van der Waals surface area contributed by atoms with Crippen molar-refractivity contribution >= 4 is 23.5 Å². The third kappa shape index (κ3) is 2.34. The van der Waals surface area contributed by atoms with Crippen LogP contribution in [-0.2, 0) is 16.0 Å². The zero-order chi connectivity index (χ0) is 15.9. The summed E-state index contributed by atoms with van der Waals surface area (Å²) in [5, 5.41) is 2.63. The molecule has 6 nitrogen and oxygen atoms in total. The number of nitrogens with one attached hydrogen (secondary N) is 1. The maximum Gasteiger partial charge on any atom is 0.325 e. The predicted octanol–water partition coefficient (Wildman–Crippen LogP) is 1.15. The van der Waals surface area contributed by atoms with Crippen LogP contribution in [0.25, 0.3) is 0 Å². The molecule has 0 spiro atoms. The second-order valence-corrected chi connectivity index (χ2v) is 6.02. The first-order valence-corrected chi connectivity index (χ1v) is 7.49. The number of rotatable bonds is 3. The van der Waals surface area contributed by atoms with E-state index in [0.29, 0.717) is 6.54 Å². The first-order valence-electron chi connectivity index (χ1n) is 7.49. The Morgan fingerprint density at radius 1 is 1.32 bits per heavy atom. The maximum atomic E-state index is 12.5. The van der Waals surface area contributed by atoms with Crippen LogP contribution in [0.3, 0.4) is 0 Å². The zero-order valence-electron chi connectivity index (χ0n) is 12.7. The van der Waals surface area contributed by atoms with E-state index in [2.05, 4.69) is 5.32 Å². The molecule has 1 unspecified atom stereocenters. The van der Waals surface area contributed by atoms with Gasteiger partial charge in [-0.15, -0.1) is 0 Å². The van der Waals surface area contributed by atoms with E-state index in [1.54, 1.807) is 4.90 Å². The molecule has 1 fully saturated rings. The van der Waals surface area contributed by atoms with E-state index < -0.39 is 12.1 Å². The van der Waals surface area contributed by atoms with Gasteiger partial charge < -0.3 is 10.2 Å². The Bertz CT molecular complexity index is 641. The van der Waals surface area contributed by atoms with Gasteiger partial charge in [-0.1, -0.05) is 32.0 Å². The molecule has 1 atom stereocenters. The van der Waals surface area contributed by atoms with Crippen molar-refractivity contribution in [3.05, 3.63) is 29.8 Å². The third-order valence-corrected chi connectivity index (χ3v) is 4.20. The van der Waals surface area contributed by atoms with Crippen molar-refractivity contribution in [2.45, 2.75) is 26.3 Å². The first-order chi connectivity index (χ1) is 10.5. The summed E-state index contributed by atoms with van der Waals surface area (Å²) in [5.74, 6) is -0.539. The van der Waals surface area contributed by atoms with Crippen molar-refractivity contribution in [1.29, 1.82) is 0 Å². The standard InChI is InChI=1S/C16H19N3O3/c1-10(2)14-15(21)19(16(22)17-14)9-13(20)18-8-7-11-5-3-4-6-12(11)18/h3-6,10,14H,7-9H2,1-2H3,(H,17,22). The largest absolute Gasteiger partial charge is 0.326 e.